The molecule has 0 aliphatic heterocycles. The summed E-state index contributed by atoms with van der Waals surface area (Å²) in [6, 6.07) is 15.4. The zero-order valence-corrected chi connectivity index (χ0v) is 15.1. The summed E-state index contributed by atoms with van der Waals surface area (Å²) in [6.07, 6.45) is 0.0637. The van der Waals surface area contributed by atoms with Gasteiger partial charge in [0.2, 0.25) is 11.8 Å². The Kier molecular flexibility index (Phi) is 5.40. The van der Waals surface area contributed by atoms with E-state index in [-0.39, 0.29) is 24.6 Å². The minimum Gasteiger partial charge on any atom is -0.368 e. The van der Waals surface area contributed by atoms with E-state index in [0.717, 1.165) is 11.0 Å². The van der Waals surface area contributed by atoms with Crippen molar-refractivity contribution in [2.24, 2.45) is 5.73 Å². The topological polar surface area (TPSA) is 99.1 Å². The lowest BCUT2D eigenvalue weighted by atomic mass is 10.1. The molecule has 0 bridgehead atoms. The number of para-hydroxylation sites is 2. The summed E-state index contributed by atoms with van der Waals surface area (Å²) < 4.78 is 3.25. The van der Waals surface area contributed by atoms with Crippen molar-refractivity contribution in [2.75, 3.05) is 0 Å². The minimum absolute atomic E-state index is 0.0637. The summed E-state index contributed by atoms with van der Waals surface area (Å²) in [7, 11) is 0. The molecule has 1 heterocycles. The molecule has 1 atom stereocenters. The fourth-order valence-electron chi connectivity index (χ4n) is 3.20. The van der Waals surface area contributed by atoms with Gasteiger partial charge in [-0.15, -0.1) is 0 Å². The molecule has 140 valence electrons. The summed E-state index contributed by atoms with van der Waals surface area (Å²) in [6.45, 7) is 2.68. The third-order valence-corrected chi connectivity index (χ3v) is 4.53. The molecule has 0 fully saturated rings. The Bertz CT molecular complexity index is 1020. The predicted molar refractivity (Wildman–Crippen MR) is 103 cm³/mol. The maximum Gasteiger partial charge on any atom is 0.329 e. The molecule has 2 aromatic carbocycles. The smallest absolute Gasteiger partial charge is 0.329 e. The van der Waals surface area contributed by atoms with Crippen molar-refractivity contribution in [3.05, 3.63) is 70.6 Å². The molecule has 0 radical (unpaired) electrons. The number of nitrogens with one attached hydrogen (secondary N) is 1. The first-order valence-corrected chi connectivity index (χ1v) is 8.84. The lowest BCUT2D eigenvalue weighted by Gasteiger charge is -2.16. The predicted octanol–water partition coefficient (Wildman–Crippen LogP) is 1.56. The minimum atomic E-state index is -0.896. The van der Waals surface area contributed by atoms with E-state index in [2.05, 4.69) is 5.32 Å². The third kappa shape index (κ3) is 3.76. The maximum atomic E-state index is 12.6. The number of imidazole rings is 1. The molecule has 7 heteroatoms. The van der Waals surface area contributed by atoms with E-state index in [0.29, 0.717) is 12.1 Å². The van der Waals surface area contributed by atoms with Crippen LogP contribution in [0.1, 0.15) is 24.9 Å². The highest BCUT2D eigenvalue weighted by Gasteiger charge is 2.20. The number of aromatic nitrogens is 2. The standard InChI is InChI=1S/C20H22N4O3/c1-2-23-15-10-6-7-11-16(15)24(20(23)27)13-12-17(25)22-18(19(21)26)14-8-4-3-5-9-14/h3-11,18H,2,12-13H2,1H3,(H2,21,26)(H,22,25)/t18-/m1/s1. The van der Waals surface area contributed by atoms with Crippen LogP contribution in [-0.2, 0) is 22.7 Å². The number of nitrogens with zero attached hydrogens (tertiary/aromatic N) is 2. The lowest BCUT2D eigenvalue weighted by molar-refractivity contribution is -0.127. The van der Waals surface area contributed by atoms with Crippen molar-refractivity contribution in [1.29, 1.82) is 0 Å². The fourth-order valence-corrected chi connectivity index (χ4v) is 3.20. The van der Waals surface area contributed by atoms with Crippen LogP contribution in [0.25, 0.3) is 11.0 Å². The van der Waals surface area contributed by atoms with Crippen LogP contribution >= 0.6 is 0 Å². The zero-order chi connectivity index (χ0) is 19.4. The van der Waals surface area contributed by atoms with Crippen molar-refractivity contribution in [3.63, 3.8) is 0 Å². The average molecular weight is 366 g/mol. The Morgan fingerprint density at radius 1 is 1.00 bits per heavy atom. The van der Waals surface area contributed by atoms with Gasteiger partial charge in [0.1, 0.15) is 6.04 Å². The summed E-state index contributed by atoms with van der Waals surface area (Å²) in [5.41, 5.74) is 7.53. The van der Waals surface area contributed by atoms with E-state index in [4.69, 9.17) is 5.73 Å². The molecule has 1 aromatic heterocycles. The van der Waals surface area contributed by atoms with Crippen LogP contribution in [0.5, 0.6) is 0 Å². The normalized spacial score (nSPS) is 12.0. The molecule has 0 saturated carbocycles. The van der Waals surface area contributed by atoms with Crippen LogP contribution in [-0.4, -0.2) is 20.9 Å². The van der Waals surface area contributed by atoms with Crippen LogP contribution in [0.15, 0.2) is 59.4 Å². The van der Waals surface area contributed by atoms with Crippen molar-refractivity contribution < 1.29 is 9.59 Å². The van der Waals surface area contributed by atoms with E-state index >= 15 is 0 Å². The number of hydrogen-bond acceptors (Lipinski definition) is 3. The quantitative estimate of drug-likeness (QED) is 0.664. The summed E-state index contributed by atoms with van der Waals surface area (Å²) >= 11 is 0. The van der Waals surface area contributed by atoms with Gasteiger partial charge in [0, 0.05) is 19.5 Å². The number of fused-ring (bicyclic) bond motifs is 1. The van der Waals surface area contributed by atoms with Crippen molar-refractivity contribution >= 4 is 22.8 Å². The molecule has 0 aliphatic carbocycles. The molecule has 3 N–H and O–H groups in total. The number of nitrogens with two attached hydrogens (primary N) is 1. The van der Waals surface area contributed by atoms with Gasteiger partial charge in [0.15, 0.2) is 0 Å². The molecule has 7 nitrogen and oxygen atoms in total. The van der Waals surface area contributed by atoms with Crippen molar-refractivity contribution in [1.82, 2.24) is 14.5 Å². The Morgan fingerprint density at radius 3 is 2.19 bits per heavy atom. The van der Waals surface area contributed by atoms with Gasteiger partial charge in [0.05, 0.1) is 11.0 Å². The SMILES string of the molecule is CCn1c(=O)n(CCC(=O)N[C@@H](C(N)=O)c2ccccc2)c2ccccc21. The van der Waals surface area contributed by atoms with Gasteiger partial charge in [-0.05, 0) is 24.6 Å². The van der Waals surface area contributed by atoms with Crippen LogP contribution in [0.2, 0.25) is 0 Å². The van der Waals surface area contributed by atoms with Crippen molar-refractivity contribution in [3.8, 4) is 0 Å². The number of amides is 2. The van der Waals surface area contributed by atoms with Gasteiger partial charge in [-0.2, -0.15) is 0 Å². The van der Waals surface area contributed by atoms with Crippen LogP contribution < -0.4 is 16.7 Å². The summed E-state index contributed by atoms with van der Waals surface area (Å²) in [4.78, 5) is 36.7. The van der Waals surface area contributed by atoms with E-state index in [1.807, 2.05) is 37.3 Å². The van der Waals surface area contributed by atoms with Gasteiger partial charge < -0.3 is 11.1 Å². The van der Waals surface area contributed by atoms with Crippen LogP contribution in [0, 0.1) is 0 Å². The Hall–Kier alpha value is -3.35. The molecule has 3 aromatic rings. The van der Waals surface area contributed by atoms with Crippen molar-refractivity contribution in [2.45, 2.75) is 32.5 Å². The molecular formula is C20H22N4O3. The van der Waals surface area contributed by atoms with Crippen LogP contribution in [0.3, 0.4) is 0 Å². The van der Waals surface area contributed by atoms with E-state index in [1.54, 1.807) is 33.4 Å². The van der Waals surface area contributed by atoms with E-state index in [9.17, 15) is 14.4 Å². The average Bonchev–Trinajstić information content (AvgIpc) is 2.95. The molecular weight excluding hydrogens is 344 g/mol. The highest BCUT2D eigenvalue weighted by Crippen LogP contribution is 2.14. The first-order valence-electron chi connectivity index (χ1n) is 8.84. The number of primary amides is 1. The van der Waals surface area contributed by atoms with E-state index < -0.39 is 11.9 Å². The zero-order valence-electron chi connectivity index (χ0n) is 15.1. The molecule has 0 aliphatic rings. The highest BCUT2D eigenvalue weighted by molar-refractivity contribution is 5.87. The summed E-state index contributed by atoms with van der Waals surface area (Å²) in [5, 5.41) is 2.66. The largest absolute Gasteiger partial charge is 0.368 e. The summed E-state index contributed by atoms with van der Waals surface area (Å²) in [5.74, 6) is -0.975. The molecule has 0 unspecified atom stereocenters. The van der Waals surface area contributed by atoms with E-state index in [1.165, 1.54) is 0 Å². The number of hydrogen-bond donors (Lipinski definition) is 2. The number of carbonyl (C=O) groups excluding carboxylic acids is 2. The highest BCUT2D eigenvalue weighted by atomic mass is 16.2. The van der Waals surface area contributed by atoms with Gasteiger partial charge >= 0.3 is 5.69 Å². The first-order chi connectivity index (χ1) is 13.0. The molecule has 0 saturated heterocycles. The molecule has 2 amide bonds. The number of carbonyl (C=O) groups is 2. The molecule has 27 heavy (non-hydrogen) atoms. The van der Waals surface area contributed by atoms with Gasteiger partial charge in [-0.25, -0.2) is 4.79 Å². The van der Waals surface area contributed by atoms with Gasteiger partial charge in [-0.3, -0.25) is 18.7 Å². The fraction of sp³-hybridized carbons (Fsp3) is 0.250. The van der Waals surface area contributed by atoms with Gasteiger partial charge in [0.25, 0.3) is 0 Å². The monoisotopic (exact) mass is 366 g/mol. The second-order valence-electron chi connectivity index (χ2n) is 6.23. The number of benzene rings is 2. The third-order valence-electron chi connectivity index (χ3n) is 4.53. The Labute approximate surface area is 156 Å². The Balaban J connectivity index is 1.76. The maximum absolute atomic E-state index is 12.6. The lowest BCUT2D eigenvalue weighted by Crippen LogP contribution is -2.38. The molecule has 3 rings (SSSR count). The van der Waals surface area contributed by atoms with Gasteiger partial charge in [-0.1, -0.05) is 42.5 Å². The second kappa shape index (κ2) is 7.90. The number of rotatable bonds is 7. The second-order valence-corrected chi connectivity index (χ2v) is 6.23. The number of aryl methyl sites for hydroxylation is 2. The first kappa shape index (κ1) is 18.4. The molecule has 0 spiro atoms. The van der Waals surface area contributed by atoms with Crippen LogP contribution in [0.4, 0.5) is 0 Å². The Morgan fingerprint density at radius 2 is 1.59 bits per heavy atom.